The summed E-state index contributed by atoms with van der Waals surface area (Å²) in [5, 5.41) is 11.3. The first-order chi connectivity index (χ1) is 14.1. The Morgan fingerprint density at radius 2 is 1.86 bits per heavy atom. The lowest BCUT2D eigenvalue weighted by Crippen LogP contribution is -2.55. The molecule has 1 aromatic heterocycles. The second-order valence-electron chi connectivity index (χ2n) is 7.58. The second-order valence-corrected chi connectivity index (χ2v) is 8.01. The molecule has 3 heterocycles. The average Bonchev–Trinajstić information content (AvgIpc) is 2.77. The van der Waals surface area contributed by atoms with Crippen molar-refractivity contribution < 1.29 is 14.6 Å². The van der Waals surface area contributed by atoms with Crippen LogP contribution in [0.25, 0.3) is 0 Å². The van der Waals surface area contributed by atoms with Gasteiger partial charge in [0.25, 0.3) is 5.91 Å². The number of aliphatic hydroxyl groups is 1. The van der Waals surface area contributed by atoms with Crippen molar-refractivity contribution in [3.05, 3.63) is 53.6 Å². The first kappa shape index (κ1) is 20.1. The van der Waals surface area contributed by atoms with Gasteiger partial charge < -0.3 is 14.7 Å². The minimum atomic E-state index is -0.543. The number of hydrogen-bond acceptors (Lipinski definition) is 6. The molecule has 0 radical (unpaired) electrons. The molecule has 0 unspecified atom stereocenters. The van der Waals surface area contributed by atoms with Gasteiger partial charge >= 0.3 is 0 Å². The summed E-state index contributed by atoms with van der Waals surface area (Å²) in [5.41, 5.74) is 0.390. The van der Waals surface area contributed by atoms with Gasteiger partial charge in [-0.05, 0) is 43.5 Å². The number of carbonyl (C=O) groups excluding carboxylic acids is 1. The normalized spacial score (nSPS) is 23.7. The van der Waals surface area contributed by atoms with Gasteiger partial charge in [0.15, 0.2) is 0 Å². The highest BCUT2D eigenvalue weighted by Gasteiger charge is 2.35. The average molecular weight is 417 g/mol. The summed E-state index contributed by atoms with van der Waals surface area (Å²) in [6, 6.07) is 7.59. The SMILES string of the molecule is O=C(c1cnccn1)N1CCC(N2CC[C@@H](Oc3ccc(Cl)cc3)[C@H](O)C2)CC1. The van der Waals surface area contributed by atoms with E-state index in [1.807, 2.05) is 17.0 Å². The smallest absolute Gasteiger partial charge is 0.274 e. The van der Waals surface area contributed by atoms with Crippen LogP contribution in [0.1, 0.15) is 29.8 Å². The van der Waals surface area contributed by atoms with Crippen molar-refractivity contribution in [1.29, 1.82) is 0 Å². The number of piperidine rings is 2. The molecule has 1 amide bonds. The van der Waals surface area contributed by atoms with Crippen molar-refractivity contribution in [2.75, 3.05) is 26.2 Å². The van der Waals surface area contributed by atoms with E-state index in [0.717, 1.165) is 31.6 Å². The summed E-state index contributed by atoms with van der Waals surface area (Å²) in [5.74, 6) is 0.661. The van der Waals surface area contributed by atoms with Crippen LogP contribution >= 0.6 is 11.6 Å². The van der Waals surface area contributed by atoms with Gasteiger partial charge in [-0.1, -0.05) is 11.6 Å². The van der Waals surface area contributed by atoms with Crippen molar-refractivity contribution in [1.82, 2.24) is 19.8 Å². The van der Waals surface area contributed by atoms with Crippen LogP contribution in [0, 0.1) is 0 Å². The third kappa shape index (κ3) is 4.86. The summed E-state index contributed by atoms with van der Waals surface area (Å²) in [7, 11) is 0. The maximum Gasteiger partial charge on any atom is 0.274 e. The number of benzene rings is 1. The number of halogens is 1. The Morgan fingerprint density at radius 1 is 1.10 bits per heavy atom. The van der Waals surface area contributed by atoms with Crippen molar-refractivity contribution in [2.45, 2.75) is 37.5 Å². The molecular formula is C21H25ClN4O3. The molecule has 2 saturated heterocycles. The predicted octanol–water partition coefficient (Wildman–Crippen LogP) is 2.25. The number of rotatable bonds is 4. The maximum absolute atomic E-state index is 12.5. The molecule has 0 spiro atoms. The molecule has 2 aliphatic heterocycles. The number of likely N-dealkylation sites (tertiary alicyclic amines) is 2. The van der Waals surface area contributed by atoms with Crippen LogP contribution in [-0.2, 0) is 0 Å². The summed E-state index contributed by atoms with van der Waals surface area (Å²) in [6.07, 6.45) is 6.40. The largest absolute Gasteiger partial charge is 0.488 e. The van der Waals surface area contributed by atoms with Gasteiger partial charge in [-0.2, -0.15) is 0 Å². The molecule has 0 saturated carbocycles. The van der Waals surface area contributed by atoms with Crippen LogP contribution < -0.4 is 4.74 Å². The highest BCUT2D eigenvalue weighted by molar-refractivity contribution is 6.30. The van der Waals surface area contributed by atoms with Gasteiger partial charge in [0.1, 0.15) is 23.7 Å². The fourth-order valence-corrected chi connectivity index (χ4v) is 4.22. The zero-order valence-electron chi connectivity index (χ0n) is 16.2. The fourth-order valence-electron chi connectivity index (χ4n) is 4.10. The Hall–Kier alpha value is -2.22. The number of amides is 1. The molecule has 2 aromatic rings. The van der Waals surface area contributed by atoms with Crippen LogP contribution in [-0.4, -0.2) is 75.2 Å². The first-order valence-electron chi connectivity index (χ1n) is 10.00. The topological polar surface area (TPSA) is 78.8 Å². The molecule has 0 aliphatic carbocycles. The van der Waals surface area contributed by atoms with Crippen molar-refractivity contribution >= 4 is 17.5 Å². The molecule has 1 aromatic carbocycles. The Morgan fingerprint density at radius 3 is 2.52 bits per heavy atom. The molecule has 4 rings (SSSR count). The van der Waals surface area contributed by atoms with Gasteiger partial charge in [0.2, 0.25) is 0 Å². The highest BCUT2D eigenvalue weighted by atomic mass is 35.5. The molecule has 154 valence electrons. The third-order valence-corrected chi connectivity index (χ3v) is 5.96. The molecule has 0 bridgehead atoms. The second kappa shape index (κ2) is 9.07. The fraction of sp³-hybridized carbons (Fsp3) is 0.476. The monoisotopic (exact) mass is 416 g/mol. The van der Waals surface area contributed by atoms with E-state index in [1.54, 1.807) is 18.3 Å². The van der Waals surface area contributed by atoms with E-state index in [9.17, 15) is 9.90 Å². The number of aromatic nitrogens is 2. The molecular weight excluding hydrogens is 392 g/mol. The lowest BCUT2D eigenvalue weighted by Gasteiger charge is -2.43. The zero-order valence-corrected chi connectivity index (χ0v) is 16.9. The minimum absolute atomic E-state index is 0.0633. The zero-order chi connectivity index (χ0) is 20.2. The van der Waals surface area contributed by atoms with Crippen LogP contribution in [0.3, 0.4) is 0 Å². The van der Waals surface area contributed by atoms with Gasteiger partial charge in [-0.15, -0.1) is 0 Å². The number of β-amino-alcohol motifs (C(OH)–C–C–N with tert-alkyl or cyclic N) is 1. The first-order valence-corrected chi connectivity index (χ1v) is 10.4. The number of carbonyl (C=O) groups is 1. The number of nitrogens with zero attached hydrogens (tertiary/aromatic N) is 4. The Kier molecular flexibility index (Phi) is 6.28. The molecule has 7 nitrogen and oxygen atoms in total. The van der Waals surface area contributed by atoms with Crippen LogP contribution in [0.2, 0.25) is 5.02 Å². The third-order valence-electron chi connectivity index (χ3n) is 5.70. The molecule has 2 atom stereocenters. The summed E-state index contributed by atoms with van der Waals surface area (Å²) < 4.78 is 5.95. The van der Waals surface area contributed by atoms with Crippen LogP contribution in [0.5, 0.6) is 5.75 Å². The van der Waals surface area contributed by atoms with Gasteiger partial charge in [-0.3, -0.25) is 14.7 Å². The lowest BCUT2D eigenvalue weighted by atomic mass is 9.97. The van der Waals surface area contributed by atoms with E-state index in [0.29, 0.717) is 36.4 Å². The molecule has 29 heavy (non-hydrogen) atoms. The van der Waals surface area contributed by atoms with E-state index >= 15 is 0 Å². The van der Waals surface area contributed by atoms with E-state index in [1.165, 1.54) is 12.4 Å². The van der Waals surface area contributed by atoms with Crippen LogP contribution in [0.15, 0.2) is 42.9 Å². The standard InChI is InChI=1S/C21H25ClN4O3/c22-15-1-3-17(4-2-15)29-20-7-12-26(14-19(20)27)16-5-10-25(11-6-16)21(28)18-13-23-8-9-24-18/h1-4,8-9,13,16,19-20,27H,5-7,10-12,14H2/t19-,20-/m1/s1. The Labute approximate surface area is 175 Å². The molecule has 2 aliphatic rings. The summed E-state index contributed by atoms with van der Waals surface area (Å²) >= 11 is 5.91. The van der Waals surface area contributed by atoms with Gasteiger partial charge in [0, 0.05) is 49.6 Å². The van der Waals surface area contributed by atoms with Crippen molar-refractivity contribution in [2.24, 2.45) is 0 Å². The number of hydrogen-bond donors (Lipinski definition) is 1. The number of ether oxygens (including phenoxy) is 1. The van der Waals surface area contributed by atoms with E-state index in [2.05, 4.69) is 14.9 Å². The van der Waals surface area contributed by atoms with Crippen LogP contribution in [0.4, 0.5) is 0 Å². The summed E-state index contributed by atoms with van der Waals surface area (Å²) in [6.45, 7) is 2.84. The maximum atomic E-state index is 12.5. The predicted molar refractivity (Wildman–Crippen MR) is 109 cm³/mol. The summed E-state index contributed by atoms with van der Waals surface area (Å²) in [4.78, 5) is 24.8. The Balaban J connectivity index is 1.27. The van der Waals surface area contributed by atoms with Gasteiger partial charge in [-0.25, -0.2) is 4.98 Å². The lowest BCUT2D eigenvalue weighted by molar-refractivity contribution is -0.0438. The van der Waals surface area contributed by atoms with Gasteiger partial charge in [0.05, 0.1) is 6.20 Å². The quantitative estimate of drug-likeness (QED) is 0.823. The highest BCUT2D eigenvalue weighted by Crippen LogP contribution is 2.25. The molecule has 2 fully saturated rings. The molecule has 1 N–H and O–H groups in total. The molecule has 8 heteroatoms. The van der Waals surface area contributed by atoms with Crippen molar-refractivity contribution in [3.63, 3.8) is 0 Å². The van der Waals surface area contributed by atoms with E-state index in [-0.39, 0.29) is 12.0 Å². The minimum Gasteiger partial charge on any atom is -0.488 e. The van der Waals surface area contributed by atoms with Crippen molar-refractivity contribution in [3.8, 4) is 5.75 Å². The number of aliphatic hydroxyl groups excluding tert-OH is 1. The van der Waals surface area contributed by atoms with E-state index < -0.39 is 6.10 Å². The Bertz CT molecular complexity index is 812. The van der Waals surface area contributed by atoms with E-state index in [4.69, 9.17) is 16.3 Å².